The van der Waals surface area contributed by atoms with Crippen molar-refractivity contribution in [1.29, 1.82) is 0 Å². The molecule has 3 aromatic rings. The van der Waals surface area contributed by atoms with Crippen molar-refractivity contribution in [2.75, 3.05) is 13.1 Å². The molecule has 5 nitrogen and oxygen atoms in total. The number of carbonyl (C=O) groups is 1. The number of benzene rings is 1. The first-order valence-electron chi connectivity index (χ1n) is 9.15. The zero-order valence-corrected chi connectivity index (χ0v) is 14.6. The Kier molecular flexibility index (Phi) is 4.71. The van der Waals surface area contributed by atoms with Gasteiger partial charge < -0.3 is 15.0 Å². The number of aromatic amines is 1. The number of fused-ring (bicyclic) bond motifs is 1. The molecule has 5 heteroatoms. The van der Waals surface area contributed by atoms with Crippen molar-refractivity contribution in [3.05, 3.63) is 66.0 Å². The Balaban J connectivity index is 1.37. The van der Waals surface area contributed by atoms with E-state index in [0.717, 1.165) is 37.1 Å². The lowest BCUT2D eigenvalue weighted by atomic mass is 9.89. The fraction of sp³-hybridized carbons (Fsp3) is 0.333. The van der Waals surface area contributed by atoms with Gasteiger partial charge in [0.05, 0.1) is 12.5 Å². The van der Waals surface area contributed by atoms with Gasteiger partial charge in [-0.2, -0.15) is 0 Å². The van der Waals surface area contributed by atoms with Crippen molar-refractivity contribution < 1.29 is 9.90 Å². The maximum atomic E-state index is 12.5. The fourth-order valence-electron chi connectivity index (χ4n) is 3.84. The number of nitrogens with zero attached hydrogens (tertiary/aromatic N) is 2. The van der Waals surface area contributed by atoms with Crippen LogP contribution in [0.15, 0.2) is 54.9 Å². The molecule has 3 heterocycles. The van der Waals surface area contributed by atoms with Gasteiger partial charge in [-0.15, -0.1) is 0 Å². The molecule has 1 unspecified atom stereocenters. The molecule has 0 aliphatic carbocycles. The molecular weight excluding hydrogens is 326 g/mol. The Hall–Kier alpha value is -2.66. The highest BCUT2D eigenvalue weighted by molar-refractivity contribution is 5.80. The Bertz CT molecular complexity index is 882. The lowest BCUT2D eigenvalue weighted by Crippen LogP contribution is -2.38. The number of likely N-dealkylation sites (tertiary alicyclic amines) is 1. The van der Waals surface area contributed by atoms with Crippen molar-refractivity contribution in [3.8, 4) is 0 Å². The van der Waals surface area contributed by atoms with Crippen molar-refractivity contribution >= 4 is 16.9 Å². The number of nitrogens with one attached hydrogen (secondary N) is 1. The van der Waals surface area contributed by atoms with Crippen LogP contribution in [0.5, 0.6) is 0 Å². The first kappa shape index (κ1) is 16.8. The fourth-order valence-corrected chi connectivity index (χ4v) is 3.84. The molecule has 1 aromatic carbocycles. The van der Waals surface area contributed by atoms with Crippen LogP contribution in [-0.2, 0) is 4.79 Å². The Labute approximate surface area is 152 Å². The van der Waals surface area contributed by atoms with E-state index in [1.165, 1.54) is 10.9 Å². The molecule has 2 aromatic heterocycles. The van der Waals surface area contributed by atoms with E-state index in [2.05, 4.69) is 22.2 Å². The summed E-state index contributed by atoms with van der Waals surface area (Å²) in [5, 5.41) is 11.5. The number of pyridine rings is 1. The van der Waals surface area contributed by atoms with E-state index in [1.54, 1.807) is 6.20 Å². The molecule has 1 saturated heterocycles. The second-order valence-corrected chi connectivity index (χ2v) is 6.93. The zero-order chi connectivity index (χ0) is 17.9. The van der Waals surface area contributed by atoms with Gasteiger partial charge in [0.1, 0.15) is 5.65 Å². The van der Waals surface area contributed by atoms with E-state index < -0.39 is 6.10 Å². The van der Waals surface area contributed by atoms with Crippen molar-refractivity contribution in [3.63, 3.8) is 0 Å². The summed E-state index contributed by atoms with van der Waals surface area (Å²) in [4.78, 5) is 22.0. The standard InChI is InChI=1S/C21H23N3O2/c25-19(16-5-2-1-3-6-16)13-20(26)24-11-8-15(9-12-24)18-14-23-21-17(18)7-4-10-22-21/h1-7,10,14-15,19,25H,8-9,11-13H2,(H,22,23). The van der Waals surface area contributed by atoms with Crippen LogP contribution < -0.4 is 0 Å². The summed E-state index contributed by atoms with van der Waals surface area (Å²) in [6, 6.07) is 13.4. The summed E-state index contributed by atoms with van der Waals surface area (Å²) >= 11 is 0. The third-order valence-electron chi connectivity index (χ3n) is 5.32. The topological polar surface area (TPSA) is 69.2 Å². The smallest absolute Gasteiger partial charge is 0.225 e. The predicted octanol–water partition coefficient (Wildman–Crippen LogP) is 3.39. The number of aliphatic hydroxyl groups excluding tert-OH is 1. The van der Waals surface area contributed by atoms with Gasteiger partial charge in [-0.3, -0.25) is 4.79 Å². The molecule has 0 spiro atoms. The number of H-pyrrole nitrogens is 1. The molecule has 0 saturated carbocycles. The average Bonchev–Trinajstić information content (AvgIpc) is 3.13. The van der Waals surface area contributed by atoms with Gasteiger partial charge in [-0.05, 0) is 42.0 Å². The monoisotopic (exact) mass is 349 g/mol. The largest absolute Gasteiger partial charge is 0.388 e. The van der Waals surface area contributed by atoms with Crippen LogP contribution in [0.2, 0.25) is 0 Å². The molecule has 2 N–H and O–H groups in total. The molecule has 1 amide bonds. The molecule has 1 aliphatic rings. The Morgan fingerprint density at radius 3 is 2.73 bits per heavy atom. The van der Waals surface area contributed by atoms with Gasteiger partial charge in [-0.25, -0.2) is 4.98 Å². The van der Waals surface area contributed by atoms with Crippen molar-refractivity contribution in [1.82, 2.24) is 14.9 Å². The van der Waals surface area contributed by atoms with Crippen molar-refractivity contribution in [2.45, 2.75) is 31.3 Å². The molecule has 1 aliphatic heterocycles. The number of hydrogen-bond acceptors (Lipinski definition) is 3. The summed E-state index contributed by atoms with van der Waals surface area (Å²) < 4.78 is 0. The summed E-state index contributed by atoms with van der Waals surface area (Å²) in [6.45, 7) is 1.47. The van der Waals surface area contributed by atoms with Crippen molar-refractivity contribution in [2.24, 2.45) is 0 Å². The van der Waals surface area contributed by atoms with E-state index in [1.807, 2.05) is 41.3 Å². The van der Waals surface area contributed by atoms with Crippen LogP contribution in [0, 0.1) is 0 Å². The number of rotatable bonds is 4. The highest BCUT2D eigenvalue weighted by Gasteiger charge is 2.26. The molecule has 4 rings (SSSR count). The minimum absolute atomic E-state index is 0.0281. The lowest BCUT2D eigenvalue weighted by Gasteiger charge is -2.32. The summed E-state index contributed by atoms with van der Waals surface area (Å²) in [7, 11) is 0. The third-order valence-corrected chi connectivity index (χ3v) is 5.32. The van der Waals surface area contributed by atoms with Gasteiger partial charge in [-0.1, -0.05) is 30.3 Å². The van der Waals surface area contributed by atoms with Crippen LogP contribution in [0.25, 0.3) is 11.0 Å². The van der Waals surface area contributed by atoms with E-state index in [-0.39, 0.29) is 12.3 Å². The minimum atomic E-state index is -0.735. The number of piperidine rings is 1. The minimum Gasteiger partial charge on any atom is -0.388 e. The summed E-state index contributed by atoms with van der Waals surface area (Å²) in [5.41, 5.74) is 3.01. The molecule has 0 bridgehead atoms. The van der Waals surface area contributed by atoms with Crippen LogP contribution in [0.3, 0.4) is 0 Å². The van der Waals surface area contributed by atoms with E-state index in [0.29, 0.717) is 5.92 Å². The molecule has 1 fully saturated rings. The normalized spacial score (nSPS) is 16.7. The van der Waals surface area contributed by atoms with Gasteiger partial charge in [0.2, 0.25) is 5.91 Å². The quantitative estimate of drug-likeness (QED) is 0.758. The van der Waals surface area contributed by atoms with E-state index >= 15 is 0 Å². The SMILES string of the molecule is O=C(CC(O)c1ccccc1)N1CCC(c2c[nH]c3ncccc23)CC1. The van der Waals surface area contributed by atoms with Gasteiger partial charge in [0.15, 0.2) is 0 Å². The van der Waals surface area contributed by atoms with Crippen LogP contribution in [-0.4, -0.2) is 39.0 Å². The maximum Gasteiger partial charge on any atom is 0.225 e. The first-order chi connectivity index (χ1) is 12.7. The van der Waals surface area contributed by atoms with Crippen LogP contribution in [0.4, 0.5) is 0 Å². The highest BCUT2D eigenvalue weighted by Crippen LogP contribution is 2.33. The Morgan fingerprint density at radius 2 is 1.96 bits per heavy atom. The number of aromatic nitrogens is 2. The number of amides is 1. The molecular formula is C21H23N3O2. The van der Waals surface area contributed by atoms with Gasteiger partial charge >= 0.3 is 0 Å². The maximum absolute atomic E-state index is 12.5. The van der Waals surface area contributed by atoms with E-state index in [4.69, 9.17) is 0 Å². The van der Waals surface area contributed by atoms with Gasteiger partial charge in [0.25, 0.3) is 0 Å². The lowest BCUT2D eigenvalue weighted by molar-refractivity contribution is -0.134. The summed E-state index contributed by atoms with van der Waals surface area (Å²) in [5.74, 6) is 0.469. The molecule has 0 radical (unpaired) electrons. The molecule has 1 atom stereocenters. The highest BCUT2D eigenvalue weighted by atomic mass is 16.3. The predicted molar refractivity (Wildman–Crippen MR) is 101 cm³/mol. The molecule has 26 heavy (non-hydrogen) atoms. The van der Waals surface area contributed by atoms with Crippen LogP contribution in [0.1, 0.15) is 42.4 Å². The number of aliphatic hydroxyl groups is 1. The number of hydrogen-bond donors (Lipinski definition) is 2. The average molecular weight is 349 g/mol. The number of carbonyl (C=O) groups excluding carboxylic acids is 1. The van der Waals surface area contributed by atoms with E-state index in [9.17, 15) is 9.90 Å². The van der Waals surface area contributed by atoms with Gasteiger partial charge in [0, 0.05) is 30.9 Å². The second-order valence-electron chi connectivity index (χ2n) is 6.93. The molecule has 134 valence electrons. The summed E-state index contributed by atoms with van der Waals surface area (Å²) in [6.07, 6.45) is 5.14. The van der Waals surface area contributed by atoms with Crippen LogP contribution >= 0.6 is 0 Å². The first-order valence-corrected chi connectivity index (χ1v) is 9.15. The third kappa shape index (κ3) is 3.35. The second kappa shape index (κ2) is 7.30. The Morgan fingerprint density at radius 1 is 1.19 bits per heavy atom. The zero-order valence-electron chi connectivity index (χ0n) is 14.6.